The lowest BCUT2D eigenvalue weighted by atomic mass is 10.2. The maximum atomic E-state index is 5.96. The van der Waals surface area contributed by atoms with Crippen molar-refractivity contribution in [2.75, 3.05) is 31.2 Å². The molecule has 16 heavy (non-hydrogen) atoms. The largest absolute Gasteiger partial charge is 0.378 e. The minimum atomic E-state index is 0.453. The van der Waals surface area contributed by atoms with Crippen molar-refractivity contribution in [3.8, 4) is 0 Å². The number of halogens is 1. The van der Waals surface area contributed by atoms with E-state index in [0.717, 1.165) is 24.4 Å². The monoisotopic (exact) mass is 239 g/mol. The molecule has 1 fully saturated rings. The molecule has 0 aliphatic carbocycles. The Kier molecular flexibility index (Phi) is 3.41. The third-order valence-electron chi connectivity index (χ3n) is 2.41. The molecule has 0 unspecified atom stereocenters. The molecule has 1 aliphatic rings. The Morgan fingerprint density at radius 1 is 1.44 bits per heavy atom. The molecular weight excluding hydrogens is 226 g/mol. The van der Waals surface area contributed by atoms with Gasteiger partial charge in [-0.15, -0.1) is 0 Å². The number of aromatic nitrogens is 2. The molecule has 0 saturated carbocycles. The van der Waals surface area contributed by atoms with Gasteiger partial charge in [-0.1, -0.05) is 18.2 Å². The minimum absolute atomic E-state index is 0.453. The molecular formula is C11H14ClN3O. The predicted molar refractivity (Wildman–Crippen MR) is 64.8 cm³/mol. The summed E-state index contributed by atoms with van der Waals surface area (Å²) in [5.41, 5.74) is 1.68. The van der Waals surface area contributed by atoms with Gasteiger partial charge < -0.3 is 9.64 Å². The van der Waals surface area contributed by atoms with Gasteiger partial charge in [0.1, 0.15) is 5.15 Å². The number of ether oxygens (including phenoxy) is 1. The smallest absolute Gasteiger partial charge is 0.227 e. The van der Waals surface area contributed by atoms with E-state index in [-0.39, 0.29) is 0 Å². The fourth-order valence-corrected chi connectivity index (χ4v) is 1.71. The Bertz CT molecular complexity index is 402. The first kappa shape index (κ1) is 11.4. The lowest BCUT2D eigenvalue weighted by molar-refractivity contribution is 0.122. The number of hydrogen-bond acceptors (Lipinski definition) is 4. The molecule has 5 heteroatoms. The van der Waals surface area contributed by atoms with E-state index in [1.54, 1.807) is 6.07 Å². The van der Waals surface area contributed by atoms with Crippen molar-refractivity contribution in [1.29, 1.82) is 0 Å². The topological polar surface area (TPSA) is 38.2 Å². The second-order valence-electron chi connectivity index (χ2n) is 3.76. The first-order valence-electron chi connectivity index (χ1n) is 5.20. The Hall–Kier alpha value is -1.13. The Morgan fingerprint density at radius 3 is 2.75 bits per heavy atom. The highest BCUT2D eigenvalue weighted by Crippen LogP contribution is 2.19. The molecule has 0 aromatic carbocycles. The van der Waals surface area contributed by atoms with Gasteiger partial charge in [0.2, 0.25) is 5.95 Å². The summed E-state index contributed by atoms with van der Waals surface area (Å²) in [6.45, 7) is 8.78. The van der Waals surface area contributed by atoms with Gasteiger partial charge in [0.15, 0.2) is 0 Å². The van der Waals surface area contributed by atoms with Crippen LogP contribution >= 0.6 is 11.6 Å². The van der Waals surface area contributed by atoms with Gasteiger partial charge in [0.25, 0.3) is 0 Å². The van der Waals surface area contributed by atoms with Crippen molar-refractivity contribution >= 4 is 23.1 Å². The number of hydrogen-bond donors (Lipinski definition) is 0. The quantitative estimate of drug-likeness (QED) is 0.740. The van der Waals surface area contributed by atoms with E-state index >= 15 is 0 Å². The van der Waals surface area contributed by atoms with Crippen LogP contribution in [0.3, 0.4) is 0 Å². The zero-order valence-corrected chi connectivity index (χ0v) is 10.00. The van der Waals surface area contributed by atoms with Crippen LogP contribution in [0.2, 0.25) is 5.15 Å². The van der Waals surface area contributed by atoms with Crippen molar-refractivity contribution < 1.29 is 4.74 Å². The summed E-state index contributed by atoms with van der Waals surface area (Å²) in [5.74, 6) is 0.661. The van der Waals surface area contributed by atoms with Crippen LogP contribution in [0, 0.1) is 0 Å². The molecule has 86 valence electrons. The van der Waals surface area contributed by atoms with Crippen LogP contribution in [0.1, 0.15) is 12.6 Å². The summed E-state index contributed by atoms with van der Waals surface area (Å²) in [7, 11) is 0. The summed E-state index contributed by atoms with van der Waals surface area (Å²) in [5, 5.41) is 0.453. The maximum absolute atomic E-state index is 5.96. The van der Waals surface area contributed by atoms with E-state index in [9.17, 15) is 0 Å². The first-order chi connectivity index (χ1) is 7.66. The van der Waals surface area contributed by atoms with E-state index < -0.39 is 0 Å². The summed E-state index contributed by atoms with van der Waals surface area (Å²) in [6, 6.07) is 1.73. The normalized spacial score (nSPS) is 16.2. The first-order valence-corrected chi connectivity index (χ1v) is 5.58. The minimum Gasteiger partial charge on any atom is -0.378 e. The van der Waals surface area contributed by atoms with Gasteiger partial charge in [-0.3, -0.25) is 0 Å². The van der Waals surface area contributed by atoms with Crippen LogP contribution in [-0.4, -0.2) is 36.3 Å². The number of rotatable bonds is 2. The Balaban J connectivity index is 2.28. The molecule has 1 saturated heterocycles. The van der Waals surface area contributed by atoms with Crippen LogP contribution in [0.5, 0.6) is 0 Å². The zero-order valence-electron chi connectivity index (χ0n) is 9.24. The van der Waals surface area contributed by atoms with E-state index in [0.29, 0.717) is 24.3 Å². The highest BCUT2D eigenvalue weighted by molar-refractivity contribution is 6.29. The van der Waals surface area contributed by atoms with E-state index in [4.69, 9.17) is 16.3 Å². The summed E-state index contributed by atoms with van der Waals surface area (Å²) >= 11 is 5.96. The molecule has 0 spiro atoms. The van der Waals surface area contributed by atoms with Gasteiger partial charge in [-0.05, 0) is 12.5 Å². The van der Waals surface area contributed by atoms with Gasteiger partial charge in [-0.25, -0.2) is 9.97 Å². The second kappa shape index (κ2) is 4.80. The van der Waals surface area contributed by atoms with E-state index in [2.05, 4.69) is 21.4 Å². The van der Waals surface area contributed by atoms with Crippen LogP contribution in [0.25, 0.3) is 5.57 Å². The Labute approximate surface area is 99.9 Å². The molecule has 0 amide bonds. The van der Waals surface area contributed by atoms with Crippen molar-refractivity contribution in [3.63, 3.8) is 0 Å². The zero-order chi connectivity index (χ0) is 11.5. The molecule has 0 radical (unpaired) electrons. The number of morpholine rings is 1. The summed E-state index contributed by atoms with van der Waals surface area (Å²) < 4.78 is 5.28. The van der Waals surface area contributed by atoms with Crippen LogP contribution < -0.4 is 4.90 Å². The van der Waals surface area contributed by atoms with Crippen LogP contribution in [0.15, 0.2) is 12.6 Å². The molecule has 0 atom stereocenters. The van der Waals surface area contributed by atoms with Crippen LogP contribution in [0.4, 0.5) is 5.95 Å². The second-order valence-corrected chi connectivity index (χ2v) is 4.14. The maximum Gasteiger partial charge on any atom is 0.227 e. The summed E-state index contributed by atoms with van der Waals surface area (Å²) in [6.07, 6.45) is 0. The van der Waals surface area contributed by atoms with E-state index in [1.165, 1.54) is 0 Å². The number of anilines is 1. The summed E-state index contributed by atoms with van der Waals surface area (Å²) in [4.78, 5) is 10.7. The molecule has 1 aliphatic heterocycles. The highest BCUT2D eigenvalue weighted by atomic mass is 35.5. The van der Waals surface area contributed by atoms with Gasteiger partial charge in [-0.2, -0.15) is 0 Å². The SMILES string of the molecule is C=C(C)c1cc(Cl)nc(N2CCOCC2)n1. The van der Waals surface area contributed by atoms with Crippen molar-refractivity contribution in [1.82, 2.24) is 9.97 Å². The van der Waals surface area contributed by atoms with Gasteiger partial charge in [0, 0.05) is 19.2 Å². The highest BCUT2D eigenvalue weighted by Gasteiger charge is 2.15. The van der Waals surface area contributed by atoms with Crippen molar-refractivity contribution in [2.45, 2.75) is 6.92 Å². The number of allylic oxidation sites excluding steroid dienone is 1. The molecule has 0 N–H and O–H groups in total. The van der Waals surface area contributed by atoms with Crippen molar-refractivity contribution in [2.24, 2.45) is 0 Å². The fraction of sp³-hybridized carbons (Fsp3) is 0.455. The number of nitrogens with zero attached hydrogens (tertiary/aromatic N) is 3. The predicted octanol–water partition coefficient (Wildman–Crippen LogP) is 2.00. The average molecular weight is 240 g/mol. The fourth-order valence-electron chi connectivity index (χ4n) is 1.53. The lowest BCUT2D eigenvalue weighted by Crippen LogP contribution is -2.37. The molecule has 2 rings (SSSR count). The third-order valence-corrected chi connectivity index (χ3v) is 2.61. The molecule has 1 aromatic rings. The molecule has 4 nitrogen and oxygen atoms in total. The molecule has 2 heterocycles. The lowest BCUT2D eigenvalue weighted by Gasteiger charge is -2.27. The standard InChI is InChI=1S/C11H14ClN3O/c1-8(2)9-7-10(12)14-11(13-9)15-3-5-16-6-4-15/h7H,1,3-6H2,2H3. The third kappa shape index (κ3) is 2.51. The Morgan fingerprint density at radius 2 is 2.12 bits per heavy atom. The average Bonchev–Trinajstić information content (AvgIpc) is 2.29. The van der Waals surface area contributed by atoms with Crippen LogP contribution in [-0.2, 0) is 4.74 Å². The van der Waals surface area contributed by atoms with Gasteiger partial charge in [0.05, 0.1) is 18.9 Å². The molecule has 1 aromatic heterocycles. The van der Waals surface area contributed by atoms with Crippen molar-refractivity contribution in [3.05, 3.63) is 23.5 Å². The molecule has 0 bridgehead atoms. The van der Waals surface area contributed by atoms with Gasteiger partial charge >= 0.3 is 0 Å². The van der Waals surface area contributed by atoms with E-state index in [1.807, 2.05) is 6.92 Å².